The number of alkyl halides is 12. The van der Waals surface area contributed by atoms with Gasteiger partial charge in [0.2, 0.25) is 5.41 Å². The third-order valence-corrected chi connectivity index (χ3v) is 7.14. The standard InChI is InChI=1S/C21H14F12O5S/c1-15(22)17(23,24)18(25,26)19(15,27)38-12-6-3-10(4-7-12)16(20(28,29)30,21(31,32)33)11-5-8-13(37-2)14(9-11)39(34,35)36/h3-9H,1-2H3,(H,34,35,36). The van der Waals surface area contributed by atoms with Crippen molar-refractivity contribution in [2.75, 3.05) is 7.11 Å². The molecule has 1 fully saturated rings. The number of halogens is 12. The van der Waals surface area contributed by atoms with Crippen LogP contribution >= 0.6 is 0 Å². The van der Waals surface area contributed by atoms with E-state index in [0.29, 0.717) is 6.07 Å². The molecule has 218 valence electrons. The summed E-state index contributed by atoms with van der Waals surface area (Å²) in [4.78, 5) is -1.48. The van der Waals surface area contributed by atoms with Gasteiger partial charge in [-0.2, -0.15) is 56.7 Å². The Labute approximate surface area is 211 Å². The minimum Gasteiger partial charge on any atom is -0.495 e. The van der Waals surface area contributed by atoms with E-state index in [-0.39, 0.29) is 43.3 Å². The topological polar surface area (TPSA) is 72.8 Å². The fourth-order valence-electron chi connectivity index (χ4n) is 4.12. The van der Waals surface area contributed by atoms with Gasteiger partial charge in [-0.1, -0.05) is 18.2 Å². The molecule has 0 amide bonds. The van der Waals surface area contributed by atoms with Gasteiger partial charge in [0.25, 0.3) is 15.8 Å². The maximum atomic E-state index is 14.6. The Hall–Kier alpha value is -2.89. The number of methoxy groups -OCH3 is 1. The average Bonchev–Trinajstić information content (AvgIpc) is 2.77. The summed E-state index contributed by atoms with van der Waals surface area (Å²) in [6, 6.07) is 0.402. The normalized spacial score (nSPS) is 25.1. The minimum atomic E-state index is -6.32. The zero-order valence-corrected chi connectivity index (χ0v) is 19.9. The smallest absolute Gasteiger partial charge is 0.411 e. The number of ether oxygens (including phenoxy) is 2. The van der Waals surface area contributed by atoms with Crippen LogP contribution in [0, 0.1) is 0 Å². The van der Waals surface area contributed by atoms with Crippen LogP contribution in [0.4, 0.5) is 52.7 Å². The second-order valence-electron chi connectivity index (χ2n) is 8.46. The first-order valence-electron chi connectivity index (χ1n) is 10.1. The summed E-state index contributed by atoms with van der Waals surface area (Å²) in [5, 5.41) is 0. The van der Waals surface area contributed by atoms with Crippen molar-refractivity contribution in [3.05, 3.63) is 53.6 Å². The molecule has 2 unspecified atom stereocenters. The summed E-state index contributed by atoms with van der Waals surface area (Å²) >= 11 is 0. The molecular weight excluding hydrogens is 592 g/mol. The van der Waals surface area contributed by atoms with Crippen molar-refractivity contribution in [1.82, 2.24) is 0 Å². The predicted molar refractivity (Wildman–Crippen MR) is 106 cm³/mol. The van der Waals surface area contributed by atoms with Crippen molar-refractivity contribution >= 4 is 10.1 Å². The number of hydrogen-bond acceptors (Lipinski definition) is 4. The lowest BCUT2D eigenvalue weighted by molar-refractivity contribution is -0.480. The van der Waals surface area contributed by atoms with Crippen molar-refractivity contribution in [3.8, 4) is 11.5 Å². The first kappa shape index (κ1) is 30.6. The van der Waals surface area contributed by atoms with E-state index in [1.807, 2.05) is 0 Å². The van der Waals surface area contributed by atoms with Crippen LogP contribution in [0.15, 0.2) is 47.4 Å². The van der Waals surface area contributed by atoms with Gasteiger partial charge in [-0.15, -0.1) is 0 Å². The molecule has 1 saturated carbocycles. The van der Waals surface area contributed by atoms with Crippen molar-refractivity contribution in [3.63, 3.8) is 0 Å². The molecule has 0 spiro atoms. The molecule has 3 rings (SSSR count). The third-order valence-electron chi connectivity index (χ3n) is 6.26. The molecule has 0 heterocycles. The van der Waals surface area contributed by atoms with Crippen LogP contribution in [0.25, 0.3) is 0 Å². The summed E-state index contributed by atoms with van der Waals surface area (Å²) in [6.07, 6.45) is -12.6. The second-order valence-corrected chi connectivity index (χ2v) is 9.85. The van der Waals surface area contributed by atoms with E-state index in [1.54, 1.807) is 0 Å². The van der Waals surface area contributed by atoms with E-state index in [4.69, 9.17) is 0 Å². The van der Waals surface area contributed by atoms with E-state index >= 15 is 0 Å². The summed E-state index contributed by atoms with van der Waals surface area (Å²) in [5.41, 5.74) is -13.3. The molecule has 2 aromatic rings. The highest BCUT2D eigenvalue weighted by molar-refractivity contribution is 7.86. The van der Waals surface area contributed by atoms with Gasteiger partial charge in [0.05, 0.1) is 7.11 Å². The monoisotopic (exact) mass is 606 g/mol. The van der Waals surface area contributed by atoms with E-state index < -0.39 is 78.8 Å². The number of hydrogen-bond donors (Lipinski definition) is 1. The van der Waals surface area contributed by atoms with Crippen LogP contribution in [0.3, 0.4) is 0 Å². The van der Waals surface area contributed by atoms with E-state index in [1.165, 1.54) is 0 Å². The number of benzene rings is 2. The molecule has 0 radical (unpaired) electrons. The van der Waals surface area contributed by atoms with E-state index in [2.05, 4.69) is 9.47 Å². The maximum Gasteiger partial charge on any atom is 0.411 e. The fourth-order valence-corrected chi connectivity index (χ4v) is 4.80. The van der Waals surface area contributed by atoms with Crippen LogP contribution in [-0.4, -0.2) is 55.8 Å². The Bertz CT molecular complexity index is 1330. The van der Waals surface area contributed by atoms with Crippen LogP contribution in [0.1, 0.15) is 18.1 Å². The van der Waals surface area contributed by atoms with Gasteiger partial charge in [0.1, 0.15) is 16.4 Å². The molecule has 0 saturated heterocycles. The first-order chi connectivity index (χ1) is 17.3. The SMILES string of the molecule is COc1ccc(C(c2ccc(OC3(F)C(C)(F)C(F)(F)C3(F)F)cc2)(C(F)(F)F)C(F)(F)F)cc1S(=O)(=O)O. The highest BCUT2D eigenvalue weighted by atomic mass is 32.2. The van der Waals surface area contributed by atoms with Crippen molar-refractivity contribution < 1.29 is 75.1 Å². The Morgan fingerprint density at radius 1 is 0.769 bits per heavy atom. The molecule has 0 bridgehead atoms. The van der Waals surface area contributed by atoms with E-state index in [9.17, 15) is 65.7 Å². The number of rotatable bonds is 6. The lowest BCUT2D eigenvalue weighted by Crippen LogP contribution is -2.86. The molecule has 1 aliphatic carbocycles. The second kappa shape index (κ2) is 8.55. The quantitative estimate of drug-likeness (QED) is 0.304. The van der Waals surface area contributed by atoms with Crippen LogP contribution in [0.5, 0.6) is 11.5 Å². The van der Waals surface area contributed by atoms with Gasteiger partial charge < -0.3 is 9.47 Å². The molecule has 2 atom stereocenters. The molecule has 1 aliphatic rings. The first-order valence-corrected chi connectivity index (χ1v) is 11.5. The van der Waals surface area contributed by atoms with Crippen LogP contribution in [0.2, 0.25) is 0 Å². The maximum absolute atomic E-state index is 14.6. The van der Waals surface area contributed by atoms with Gasteiger partial charge in [0.15, 0.2) is 0 Å². The molecule has 2 aromatic carbocycles. The fraction of sp³-hybridized carbons (Fsp3) is 0.429. The van der Waals surface area contributed by atoms with Gasteiger partial charge in [-0.25, -0.2) is 4.39 Å². The largest absolute Gasteiger partial charge is 0.495 e. The lowest BCUT2D eigenvalue weighted by atomic mass is 9.69. The van der Waals surface area contributed by atoms with Gasteiger partial charge in [0, 0.05) is 0 Å². The molecule has 5 nitrogen and oxygen atoms in total. The van der Waals surface area contributed by atoms with Gasteiger partial charge in [-0.3, -0.25) is 4.55 Å². The Morgan fingerprint density at radius 3 is 1.62 bits per heavy atom. The van der Waals surface area contributed by atoms with Gasteiger partial charge in [-0.05, 0) is 42.3 Å². The molecular formula is C21H14F12O5S. The molecule has 1 N–H and O–H groups in total. The highest BCUT2D eigenvalue weighted by Crippen LogP contribution is 2.68. The van der Waals surface area contributed by atoms with E-state index in [0.717, 1.165) is 7.11 Å². The van der Waals surface area contributed by atoms with Crippen LogP contribution < -0.4 is 9.47 Å². The Kier molecular flexibility index (Phi) is 6.72. The zero-order valence-electron chi connectivity index (χ0n) is 19.1. The minimum absolute atomic E-state index is 0.0540. The van der Waals surface area contributed by atoms with Crippen molar-refractivity contribution in [1.29, 1.82) is 0 Å². The van der Waals surface area contributed by atoms with Crippen molar-refractivity contribution in [2.45, 2.75) is 53.0 Å². The predicted octanol–water partition coefficient (Wildman–Crippen LogP) is 6.41. The Balaban J connectivity index is 2.23. The van der Waals surface area contributed by atoms with Crippen molar-refractivity contribution in [2.24, 2.45) is 0 Å². The highest BCUT2D eigenvalue weighted by Gasteiger charge is 2.98. The lowest BCUT2D eigenvalue weighted by Gasteiger charge is -2.55. The third kappa shape index (κ3) is 3.92. The average molecular weight is 606 g/mol. The van der Waals surface area contributed by atoms with Gasteiger partial charge >= 0.3 is 30.1 Å². The molecule has 39 heavy (non-hydrogen) atoms. The summed E-state index contributed by atoms with van der Waals surface area (Å²) in [5.74, 6) is -18.6. The Morgan fingerprint density at radius 2 is 1.23 bits per heavy atom. The molecule has 0 aliphatic heterocycles. The summed E-state index contributed by atoms with van der Waals surface area (Å²) in [7, 11) is -4.65. The molecule has 0 aromatic heterocycles. The molecule has 18 heteroatoms. The summed E-state index contributed by atoms with van der Waals surface area (Å²) in [6.45, 7) is -0.284. The van der Waals surface area contributed by atoms with Crippen LogP contribution in [-0.2, 0) is 15.5 Å². The zero-order chi connectivity index (χ0) is 30.3. The summed E-state index contributed by atoms with van der Waals surface area (Å²) < 4.78 is 210.